The number of aryl methyl sites for hydroxylation is 1. The van der Waals surface area contributed by atoms with Crippen LogP contribution in [-0.4, -0.2) is 11.8 Å². The number of alkyl halides is 1. The first-order valence-electron chi connectivity index (χ1n) is 6.24. The second kappa shape index (κ2) is 6.73. The third-order valence-electron chi connectivity index (χ3n) is 3.00. The van der Waals surface area contributed by atoms with E-state index in [1.807, 2.05) is 41.8 Å². The van der Waals surface area contributed by atoms with Crippen molar-refractivity contribution in [2.45, 2.75) is 19.4 Å². The van der Waals surface area contributed by atoms with Gasteiger partial charge in [-0.2, -0.15) is 0 Å². The lowest BCUT2D eigenvalue weighted by Gasteiger charge is -2.16. The number of nitrogens with one attached hydrogen (secondary N) is 1. The lowest BCUT2D eigenvalue weighted by molar-refractivity contribution is 0.0943. The summed E-state index contributed by atoms with van der Waals surface area (Å²) in [6.07, 6.45) is 0.864. The van der Waals surface area contributed by atoms with Crippen molar-refractivity contribution < 1.29 is 4.79 Å². The fourth-order valence-electron chi connectivity index (χ4n) is 1.93. The van der Waals surface area contributed by atoms with E-state index in [1.54, 1.807) is 0 Å². The predicted octanol–water partition coefficient (Wildman–Crippen LogP) is 4.02. The SMILES string of the molecule is CCc1ccsc1C(=O)NC(CCl)c1ccccc1. The highest BCUT2D eigenvalue weighted by atomic mass is 35.5. The molecule has 1 heterocycles. The minimum atomic E-state index is -0.151. The molecule has 2 aromatic rings. The summed E-state index contributed by atoms with van der Waals surface area (Å²) < 4.78 is 0. The van der Waals surface area contributed by atoms with Gasteiger partial charge in [0.25, 0.3) is 5.91 Å². The maximum atomic E-state index is 12.3. The number of hydrogen-bond acceptors (Lipinski definition) is 2. The van der Waals surface area contributed by atoms with Crippen molar-refractivity contribution in [2.24, 2.45) is 0 Å². The zero-order chi connectivity index (χ0) is 13.7. The van der Waals surface area contributed by atoms with Crippen molar-refractivity contribution in [3.05, 3.63) is 57.8 Å². The maximum Gasteiger partial charge on any atom is 0.262 e. The molecule has 19 heavy (non-hydrogen) atoms. The van der Waals surface area contributed by atoms with E-state index < -0.39 is 0 Å². The molecule has 0 saturated heterocycles. The number of carbonyl (C=O) groups is 1. The van der Waals surface area contributed by atoms with Crippen LogP contribution in [0.3, 0.4) is 0 Å². The Labute approximate surface area is 122 Å². The predicted molar refractivity (Wildman–Crippen MR) is 81.1 cm³/mol. The standard InChI is InChI=1S/C15H16ClNOS/c1-2-11-8-9-19-14(11)15(18)17-13(10-16)12-6-4-3-5-7-12/h3-9,13H,2,10H2,1H3,(H,17,18). The Morgan fingerprint density at radius 3 is 2.68 bits per heavy atom. The van der Waals surface area contributed by atoms with Crippen LogP contribution in [0.5, 0.6) is 0 Å². The molecule has 2 nitrogen and oxygen atoms in total. The molecule has 100 valence electrons. The van der Waals surface area contributed by atoms with E-state index >= 15 is 0 Å². The Kier molecular flexibility index (Phi) is 5.00. The van der Waals surface area contributed by atoms with Crippen molar-refractivity contribution in [3.63, 3.8) is 0 Å². The zero-order valence-electron chi connectivity index (χ0n) is 10.7. The molecule has 2 rings (SSSR count). The van der Waals surface area contributed by atoms with Gasteiger partial charge in [-0.1, -0.05) is 37.3 Å². The third kappa shape index (κ3) is 3.37. The summed E-state index contributed by atoms with van der Waals surface area (Å²) in [7, 11) is 0. The van der Waals surface area contributed by atoms with E-state index in [0.717, 1.165) is 22.4 Å². The van der Waals surface area contributed by atoms with Crippen molar-refractivity contribution in [2.75, 3.05) is 5.88 Å². The van der Waals surface area contributed by atoms with Crippen LogP contribution in [0.15, 0.2) is 41.8 Å². The average Bonchev–Trinajstić information content (AvgIpc) is 2.94. The number of amides is 1. The van der Waals surface area contributed by atoms with Gasteiger partial charge in [0.2, 0.25) is 0 Å². The van der Waals surface area contributed by atoms with Gasteiger partial charge in [0.15, 0.2) is 0 Å². The largest absolute Gasteiger partial charge is 0.343 e. The number of halogens is 1. The van der Waals surface area contributed by atoms with Gasteiger partial charge in [0, 0.05) is 5.88 Å². The van der Waals surface area contributed by atoms with Crippen LogP contribution < -0.4 is 5.32 Å². The smallest absolute Gasteiger partial charge is 0.262 e. The molecule has 0 aliphatic heterocycles. The highest BCUT2D eigenvalue weighted by Gasteiger charge is 2.17. The maximum absolute atomic E-state index is 12.3. The lowest BCUT2D eigenvalue weighted by atomic mass is 10.1. The van der Waals surface area contributed by atoms with E-state index in [-0.39, 0.29) is 11.9 Å². The molecule has 0 aliphatic rings. The second-order valence-corrected chi connectivity index (χ2v) is 5.44. The topological polar surface area (TPSA) is 29.1 Å². The molecule has 0 radical (unpaired) electrons. The molecule has 1 unspecified atom stereocenters. The Morgan fingerprint density at radius 2 is 2.05 bits per heavy atom. The molecule has 1 aromatic heterocycles. The summed E-state index contributed by atoms with van der Waals surface area (Å²) in [6, 6.07) is 11.6. The quantitative estimate of drug-likeness (QED) is 0.829. The van der Waals surface area contributed by atoms with Crippen LogP contribution in [0.4, 0.5) is 0 Å². The van der Waals surface area contributed by atoms with Gasteiger partial charge in [-0.15, -0.1) is 22.9 Å². The Bertz CT molecular complexity index is 538. The summed E-state index contributed by atoms with van der Waals surface area (Å²) in [5.74, 6) is 0.323. The molecular formula is C15H16ClNOS. The molecule has 0 saturated carbocycles. The molecule has 1 N–H and O–H groups in total. The van der Waals surface area contributed by atoms with Crippen LogP contribution >= 0.6 is 22.9 Å². The highest BCUT2D eigenvalue weighted by Crippen LogP contribution is 2.20. The van der Waals surface area contributed by atoms with Gasteiger partial charge < -0.3 is 5.32 Å². The summed E-state index contributed by atoms with van der Waals surface area (Å²) >= 11 is 7.44. The highest BCUT2D eigenvalue weighted by molar-refractivity contribution is 7.12. The monoisotopic (exact) mass is 293 g/mol. The molecule has 1 aromatic carbocycles. The zero-order valence-corrected chi connectivity index (χ0v) is 12.3. The Balaban J connectivity index is 2.13. The average molecular weight is 294 g/mol. The minimum Gasteiger partial charge on any atom is -0.343 e. The molecule has 0 aliphatic carbocycles. The van der Waals surface area contributed by atoms with Crippen LogP contribution in [0.1, 0.15) is 33.8 Å². The number of carbonyl (C=O) groups excluding carboxylic acids is 1. The first-order valence-corrected chi connectivity index (χ1v) is 7.65. The van der Waals surface area contributed by atoms with E-state index in [1.165, 1.54) is 11.3 Å². The summed E-state index contributed by atoms with van der Waals surface area (Å²) in [5, 5.41) is 4.95. The van der Waals surface area contributed by atoms with E-state index in [2.05, 4.69) is 12.2 Å². The van der Waals surface area contributed by atoms with Crippen LogP contribution in [-0.2, 0) is 6.42 Å². The fourth-order valence-corrected chi connectivity index (χ4v) is 3.09. The summed E-state index contributed by atoms with van der Waals surface area (Å²) in [6.45, 7) is 2.05. The van der Waals surface area contributed by atoms with Gasteiger partial charge in [-0.05, 0) is 29.0 Å². The van der Waals surface area contributed by atoms with Crippen molar-refractivity contribution >= 4 is 28.8 Å². The van der Waals surface area contributed by atoms with Gasteiger partial charge in [-0.25, -0.2) is 0 Å². The lowest BCUT2D eigenvalue weighted by Crippen LogP contribution is -2.29. The Morgan fingerprint density at radius 1 is 1.32 bits per heavy atom. The van der Waals surface area contributed by atoms with Crippen LogP contribution in [0.25, 0.3) is 0 Å². The molecule has 0 fully saturated rings. The van der Waals surface area contributed by atoms with Crippen molar-refractivity contribution in [3.8, 4) is 0 Å². The van der Waals surface area contributed by atoms with E-state index in [0.29, 0.717) is 5.88 Å². The minimum absolute atomic E-state index is 0.0404. The van der Waals surface area contributed by atoms with E-state index in [9.17, 15) is 4.79 Å². The molecule has 1 atom stereocenters. The van der Waals surface area contributed by atoms with Crippen LogP contribution in [0, 0.1) is 0 Å². The first-order chi connectivity index (χ1) is 9.26. The van der Waals surface area contributed by atoms with Crippen LogP contribution in [0.2, 0.25) is 0 Å². The summed E-state index contributed by atoms with van der Waals surface area (Å²) in [5.41, 5.74) is 2.12. The van der Waals surface area contributed by atoms with Crippen molar-refractivity contribution in [1.82, 2.24) is 5.32 Å². The number of rotatable bonds is 5. The number of hydrogen-bond donors (Lipinski definition) is 1. The third-order valence-corrected chi connectivity index (χ3v) is 4.26. The van der Waals surface area contributed by atoms with Gasteiger partial charge in [-0.3, -0.25) is 4.79 Å². The van der Waals surface area contributed by atoms with Crippen molar-refractivity contribution in [1.29, 1.82) is 0 Å². The second-order valence-electron chi connectivity index (χ2n) is 4.22. The molecule has 1 amide bonds. The summed E-state index contributed by atoms with van der Waals surface area (Å²) in [4.78, 5) is 13.1. The molecular weight excluding hydrogens is 278 g/mol. The fraction of sp³-hybridized carbons (Fsp3) is 0.267. The van der Waals surface area contributed by atoms with Gasteiger partial charge in [0.05, 0.1) is 10.9 Å². The number of benzene rings is 1. The molecule has 0 spiro atoms. The normalized spacial score (nSPS) is 12.1. The Hall–Kier alpha value is -1.32. The van der Waals surface area contributed by atoms with Gasteiger partial charge in [0.1, 0.15) is 0 Å². The number of thiophene rings is 1. The van der Waals surface area contributed by atoms with Gasteiger partial charge >= 0.3 is 0 Å². The van der Waals surface area contributed by atoms with E-state index in [4.69, 9.17) is 11.6 Å². The molecule has 4 heteroatoms. The molecule has 0 bridgehead atoms. The first kappa shape index (κ1) is 14.1.